The minimum atomic E-state index is -0.697. The summed E-state index contributed by atoms with van der Waals surface area (Å²) in [7, 11) is 0. The number of amides is 1. The van der Waals surface area contributed by atoms with Crippen molar-refractivity contribution in [2.24, 2.45) is 0 Å². The average molecular weight is 380 g/mol. The molecule has 2 aromatic rings. The number of hydrogen-bond donors (Lipinski definition) is 0. The number of esters is 1. The summed E-state index contributed by atoms with van der Waals surface area (Å²) in [6.45, 7) is 0.845. The molecule has 0 heterocycles. The number of anilines is 1. The van der Waals surface area contributed by atoms with Crippen molar-refractivity contribution in [3.63, 3.8) is 0 Å². The maximum absolute atomic E-state index is 12.4. The van der Waals surface area contributed by atoms with Crippen molar-refractivity contribution in [1.29, 1.82) is 5.26 Å². The highest BCUT2D eigenvalue weighted by atomic mass is 16.6. The number of hydrogen-bond acceptors (Lipinski definition) is 6. The molecule has 0 saturated carbocycles. The van der Waals surface area contributed by atoms with E-state index in [0.717, 1.165) is 0 Å². The Morgan fingerprint density at radius 1 is 1.00 bits per heavy atom. The molecular weight excluding hydrogens is 360 g/mol. The first kappa shape index (κ1) is 20.6. The van der Waals surface area contributed by atoms with Crippen LogP contribution in [0.15, 0.2) is 54.6 Å². The summed E-state index contributed by atoms with van der Waals surface area (Å²) >= 11 is 0. The summed E-state index contributed by atoms with van der Waals surface area (Å²) in [6, 6.07) is 17.2. The lowest BCUT2D eigenvalue weighted by molar-refractivity contribution is -0.149. The first-order valence-electron chi connectivity index (χ1n) is 8.63. The first-order chi connectivity index (χ1) is 13.5. The van der Waals surface area contributed by atoms with Gasteiger partial charge >= 0.3 is 5.97 Å². The van der Waals surface area contributed by atoms with Gasteiger partial charge in [-0.3, -0.25) is 9.59 Å². The number of rotatable bonds is 9. The second-order valence-corrected chi connectivity index (χ2v) is 5.82. The number of nitriles is 1. The van der Waals surface area contributed by atoms with E-state index in [-0.39, 0.29) is 25.4 Å². The Morgan fingerprint density at radius 3 is 2.29 bits per heavy atom. The number of ether oxygens (including phenoxy) is 2. The highest BCUT2D eigenvalue weighted by molar-refractivity contribution is 5.95. The molecule has 0 atom stereocenters. The number of para-hydroxylation sites is 1. The Hall–Kier alpha value is -3.66. The minimum absolute atomic E-state index is 0.0659. The number of benzene rings is 2. The van der Waals surface area contributed by atoms with Crippen molar-refractivity contribution >= 4 is 23.3 Å². The molecule has 0 saturated heterocycles. The van der Waals surface area contributed by atoms with Crippen molar-refractivity contribution in [3.8, 4) is 11.8 Å². The first-order valence-corrected chi connectivity index (χ1v) is 8.63. The van der Waals surface area contributed by atoms with Crippen LogP contribution in [-0.4, -0.2) is 37.4 Å². The number of Topliss-reactive ketones (excluding diaryl/α,β-unsaturated/α-hetero) is 1. The number of carbonyl (C=O) groups is 3. The highest BCUT2D eigenvalue weighted by Crippen LogP contribution is 2.15. The van der Waals surface area contributed by atoms with E-state index in [0.29, 0.717) is 17.0 Å². The molecule has 0 aliphatic carbocycles. The maximum Gasteiger partial charge on any atom is 0.344 e. The Bertz CT molecular complexity index is 857. The average Bonchev–Trinajstić information content (AvgIpc) is 2.72. The molecule has 28 heavy (non-hydrogen) atoms. The molecule has 0 fully saturated rings. The van der Waals surface area contributed by atoms with Gasteiger partial charge in [0.1, 0.15) is 5.75 Å². The largest absolute Gasteiger partial charge is 0.482 e. The van der Waals surface area contributed by atoms with Crippen molar-refractivity contribution < 1.29 is 23.9 Å². The predicted molar refractivity (Wildman–Crippen MR) is 102 cm³/mol. The van der Waals surface area contributed by atoms with E-state index in [1.807, 2.05) is 12.1 Å². The van der Waals surface area contributed by atoms with Gasteiger partial charge in [0.15, 0.2) is 19.0 Å². The van der Waals surface area contributed by atoms with Crippen molar-refractivity contribution in [3.05, 3.63) is 60.2 Å². The van der Waals surface area contributed by atoms with Crippen LogP contribution >= 0.6 is 0 Å². The van der Waals surface area contributed by atoms with Gasteiger partial charge in [-0.25, -0.2) is 4.79 Å². The molecule has 144 valence electrons. The zero-order valence-electron chi connectivity index (χ0n) is 15.5. The maximum atomic E-state index is 12.4. The van der Waals surface area contributed by atoms with Gasteiger partial charge in [0.2, 0.25) is 0 Å². The molecule has 0 N–H and O–H groups in total. The normalized spacial score (nSPS) is 9.86. The van der Waals surface area contributed by atoms with Crippen molar-refractivity contribution in [2.45, 2.75) is 13.3 Å². The Kier molecular flexibility index (Phi) is 7.73. The predicted octanol–water partition coefficient (Wildman–Crippen LogP) is 2.76. The highest BCUT2D eigenvalue weighted by Gasteiger charge is 2.17. The van der Waals surface area contributed by atoms with E-state index in [2.05, 4.69) is 0 Å². The topological polar surface area (TPSA) is 96.7 Å². The van der Waals surface area contributed by atoms with Gasteiger partial charge in [0, 0.05) is 17.8 Å². The molecule has 7 heteroatoms. The quantitative estimate of drug-likeness (QED) is 0.490. The van der Waals surface area contributed by atoms with Gasteiger partial charge in [-0.05, 0) is 43.3 Å². The fraction of sp³-hybridized carbons (Fsp3) is 0.238. The fourth-order valence-corrected chi connectivity index (χ4v) is 2.36. The van der Waals surface area contributed by atoms with Crippen LogP contribution in [0, 0.1) is 11.3 Å². The number of nitrogens with zero attached hydrogens (tertiary/aromatic N) is 2. The van der Waals surface area contributed by atoms with E-state index < -0.39 is 18.5 Å². The Balaban J connectivity index is 1.85. The van der Waals surface area contributed by atoms with Crippen molar-refractivity contribution in [2.75, 3.05) is 24.7 Å². The van der Waals surface area contributed by atoms with Crippen LogP contribution in [0.3, 0.4) is 0 Å². The molecule has 0 aliphatic rings. The van der Waals surface area contributed by atoms with Crippen LogP contribution < -0.4 is 9.64 Å². The van der Waals surface area contributed by atoms with E-state index >= 15 is 0 Å². The monoisotopic (exact) mass is 380 g/mol. The summed E-state index contributed by atoms with van der Waals surface area (Å²) in [4.78, 5) is 36.9. The summed E-state index contributed by atoms with van der Waals surface area (Å²) < 4.78 is 10.3. The summed E-state index contributed by atoms with van der Waals surface area (Å²) in [5, 5.41) is 8.78. The SMILES string of the molecule is CC(=O)c1ccc(OCC(=O)OCC(=O)N(CCC#N)c2ccccc2)cc1. The second-order valence-electron chi connectivity index (χ2n) is 5.82. The van der Waals surface area contributed by atoms with Gasteiger partial charge in [0.05, 0.1) is 12.5 Å². The third kappa shape index (κ3) is 6.25. The molecule has 1 amide bonds. The third-order valence-electron chi connectivity index (χ3n) is 3.79. The molecule has 0 bridgehead atoms. The van der Waals surface area contributed by atoms with Crippen LogP contribution in [0.1, 0.15) is 23.7 Å². The minimum Gasteiger partial charge on any atom is -0.482 e. The van der Waals surface area contributed by atoms with Gasteiger partial charge in [-0.1, -0.05) is 18.2 Å². The number of carbonyl (C=O) groups excluding carboxylic acids is 3. The van der Waals surface area contributed by atoms with E-state index in [1.54, 1.807) is 48.5 Å². The lowest BCUT2D eigenvalue weighted by Gasteiger charge is -2.21. The number of ketones is 1. The molecule has 0 radical (unpaired) electrons. The molecular formula is C21H20N2O5. The Labute approximate surface area is 163 Å². The van der Waals surface area contributed by atoms with Crippen LogP contribution in [0.4, 0.5) is 5.69 Å². The zero-order chi connectivity index (χ0) is 20.4. The third-order valence-corrected chi connectivity index (χ3v) is 3.79. The van der Waals surface area contributed by atoms with E-state index in [9.17, 15) is 14.4 Å². The zero-order valence-corrected chi connectivity index (χ0v) is 15.5. The lowest BCUT2D eigenvalue weighted by atomic mass is 10.1. The van der Waals surface area contributed by atoms with E-state index in [1.165, 1.54) is 11.8 Å². The molecule has 0 aromatic heterocycles. The van der Waals surface area contributed by atoms with Gasteiger partial charge in [0.25, 0.3) is 5.91 Å². The van der Waals surface area contributed by atoms with Gasteiger partial charge in [-0.2, -0.15) is 5.26 Å². The second kappa shape index (κ2) is 10.5. The van der Waals surface area contributed by atoms with Crippen LogP contribution in [-0.2, 0) is 14.3 Å². The smallest absolute Gasteiger partial charge is 0.344 e. The summed E-state index contributed by atoms with van der Waals surface area (Å²) in [5.74, 6) is -0.782. The fourth-order valence-electron chi connectivity index (χ4n) is 2.36. The van der Waals surface area contributed by atoms with E-state index in [4.69, 9.17) is 14.7 Å². The Morgan fingerprint density at radius 2 is 1.68 bits per heavy atom. The summed E-state index contributed by atoms with van der Waals surface area (Å²) in [6.07, 6.45) is 0.161. The van der Waals surface area contributed by atoms with Gasteiger partial charge < -0.3 is 14.4 Å². The molecule has 2 aromatic carbocycles. The molecule has 0 unspecified atom stereocenters. The van der Waals surface area contributed by atoms with Crippen LogP contribution in [0.5, 0.6) is 5.75 Å². The van der Waals surface area contributed by atoms with Gasteiger partial charge in [-0.15, -0.1) is 0 Å². The molecule has 7 nitrogen and oxygen atoms in total. The van der Waals surface area contributed by atoms with Crippen molar-refractivity contribution in [1.82, 2.24) is 0 Å². The van der Waals surface area contributed by atoms with Crippen LogP contribution in [0.2, 0.25) is 0 Å². The molecule has 0 aliphatic heterocycles. The molecule has 0 spiro atoms. The lowest BCUT2D eigenvalue weighted by Crippen LogP contribution is -2.36. The molecule has 2 rings (SSSR count). The summed E-state index contributed by atoms with van der Waals surface area (Å²) in [5.41, 5.74) is 1.17. The van der Waals surface area contributed by atoms with Crippen LogP contribution in [0.25, 0.3) is 0 Å². The standard InChI is InChI=1S/C21H20N2O5/c1-16(24)17-8-10-19(11-9-17)27-15-21(26)28-14-20(25)23(13-5-12-22)18-6-3-2-4-7-18/h2-4,6-11H,5,13-15H2,1H3.